The topological polar surface area (TPSA) is 51.1 Å². The number of amidine groups is 1. The van der Waals surface area contributed by atoms with Gasteiger partial charge in [0.05, 0.1) is 23.7 Å². The predicted molar refractivity (Wildman–Crippen MR) is 159 cm³/mol. The Kier molecular flexibility index (Phi) is 8.13. The average Bonchev–Trinajstić information content (AvgIpc) is 3.26. The van der Waals surface area contributed by atoms with Crippen molar-refractivity contribution in [2.45, 2.75) is 26.5 Å². The van der Waals surface area contributed by atoms with E-state index >= 15 is 0 Å². The molecular weight excluding hydrogens is 504 g/mol. The van der Waals surface area contributed by atoms with Crippen LogP contribution in [0.25, 0.3) is 6.08 Å². The van der Waals surface area contributed by atoms with Crippen molar-refractivity contribution in [1.29, 1.82) is 0 Å². The summed E-state index contributed by atoms with van der Waals surface area (Å²) in [7, 11) is 1.62. The van der Waals surface area contributed by atoms with E-state index in [0.717, 1.165) is 22.4 Å². The first-order valence-corrected chi connectivity index (χ1v) is 13.6. The summed E-state index contributed by atoms with van der Waals surface area (Å²) in [6.45, 7) is 4.53. The molecule has 4 aromatic rings. The molecule has 39 heavy (non-hydrogen) atoms. The van der Waals surface area contributed by atoms with Gasteiger partial charge in [-0.3, -0.25) is 9.69 Å². The molecule has 1 saturated heterocycles. The van der Waals surface area contributed by atoms with Gasteiger partial charge in [0.25, 0.3) is 5.91 Å². The second kappa shape index (κ2) is 12.0. The van der Waals surface area contributed by atoms with Crippen LogP contribution >= 0.6 is 11.8 Å². The molecule has 0 bridgehead atoms. The molecule has 4 aromatic carbocycles. The first kappa shape index (κ1) is 26.3. The molecule has 1 aliphatic heterocycles. The van der Waals surface area contributed by atoms with Crippen LogP contribution in [-0.4, -0.2) is 23.1 Å². The summed E-state index contributed by atoms with van der Waals surface area (Å²) in [5.74, 6) is 1.18. The second-order valence-corrected chi connectivity index (χ2v) is 10.3. The van der Waals surface area contributed by atoms with Crippen LogP contribution in [0.2, 0.25) is 0 Å². The molecule has 1 heterocycles. The molecule has 5 nitrogen and oxygen atoms in total. The van der Waals surface area contributed by atoms with Gasteiger partial charge in [-0.05, 0) is 72.6 Å². The summed E-state index contributed by atoms with van der Waals surface area (Å²) in [5, 5.41) is 0.652. The molecule has 6 heteroatoms. The lowest BCUT2D eigenvalue weighted by molar-refractivity contribution is -0.123. The van der Waals surface area contributed by atoms with Crippen molar-refractivity contribution in [1.82, 2.24) is 4.90 Å². The molecule has 0 aromatic heterocycles. The smallest absolute Gasteiger partial charge is 0.267 e. The molecule has 1 amide bonds. The van der Waals surface area contributed by atoms with Crippen LogP contribution in [0.3, 0.4) is 0 Å². The van der Waals surface area contributed by atoms with Crippen LogP contribution < -0.4 is 9.47 Å². The molecule has 196 valence electrons. The highest BCUT2D eigenvalue weighted by molar-refractivity contribution is 8.18. The maximum absolute atomic E-state index is 13.7. The number of benzene rings is 4. The van der Waals surface area contributed by atoms with E-state index in [1.165, 1.54) is 17.3 Å². The lowest BCUT2D eigenvalue weighted by Gasteiger charge is -2.24. The molecule has 5 rings (SSSR count). The largest absolute Gasteiger partial charge is 0.493 e. The average molecular weight is 535 g/mol. The fourth-order valence-corrected chi connectivity index (χ4v) is 5.48. The number of methoxy groups -OCH3 is 1. The predicted octanol–water partition coefficient (Wildman–Crippen LogP) is 7.95. The van der Waals surface area contributed by atoms with E-state index < -0.39 is 0 Å². The Morgan fingerprint density at radius 1 is 0.897 bits per heavy atom. The number of ether oxygens (including phenoxy) is 2. The fourth-order valence-electron chi connectivity index (χ4n) is 4.41. The third-order valence-corrected chi connectivity index (χ3v) is 7.43. The third kappa shape index (κ3) is 6.24. The van der Waals surface area contributed by atoms with Gasteiger partial charge < -0.3 is 9.47 Å². The van der Waals surface area contributed by atoms with Gasteiger partial charge in [0.15, 0.2) is 16.7 Å². The van der Waals surface area contributed by atoms with Crippen molar-refractivity contribution in [3.8, 4) is 11.5 Å². The number of thioether (sulfide) groups is 1. The summed E-state index contributed by atoms with van der Waals surface area (Å²) in [6.07, 6.45) is 1.89. The maximum atomic E-state index is 13.7. The van der Waals surface area contributed by atoms with Gasteiger partial charge in [0.1, 0.15) is 6.61 Å². The molecular formula is C33H30N2O3S. The SMILES string of the molecule is COc1cc(/C=C2/SC(=Nc3ccccc3)N([C@@H](C)c3ccccc3)C2=O)ccc1OCc1cccc(C)c1. The first-order chi connectivity index (χ1) is 19.0. The van der Waals surface area contributed by atoms with E-state index in [2.05, 4.69) is 19.1 Å². The Hall–Kier alpha value is -4.29. The van der Waals surface area contributed by atoms with Crippen molar-refractivity contribution in [3.63, 3.8) is 0 Å². The number of aliphatic imine (C=N–C) groups is 1. The Bertz CT molecular complexity index is 1520. The number of hydrogen-bond donors (Lipinski definition) is 0. The number of hydrogen-bond acceptors (Lipinski definition) is 5. The zero-order valence-electron chi connectivity index (χ0n) is 22.2. The van der Waals surface area contributed by atoms with Crippen molar-refractivity contribution in [2.75, 3.05) is 7.11 Å². The summed E-state index contributed by atoms with van der Waals surface area (Å²) in [5.41, 5.74) is 4.98. The van der Waals surface area contributed by atoms with Gasteiger partial charge in [-0.2, -0.15) is 0 Å². The van der Waals surface area contributed by atoms with Gasteiger partial charge in [-0.15, -0.1) is 0 Å². The second-order valence-electron chi connectivity index (χ2n) is 9.29. The van der Waals surface area contributed by atoms with E-state index in [0.29, 0.717) is 28.2 Å². The number of nitrogens with zero attached hydrogens (tertiary/aromatic N) is 2. The van der Waals surface area contributed by atoms with Crippen LogP contribution in [0.5, 0.6) is 11.5 Å². The van der Waals surface area contributed by atoms with Crippen molar-refractivity contribution in [2.24, 2.45) is 4.99 Å². The van der Waals surface area contributed by atoms with Crippen molar-refractivity contribution < 1.29 is 14.3 Å². The number of para-hydroxylation sites is 1. The molecule has 1 aliphatic rings. The lowest BCUT2D eigenvalue weighted by atomic mass is 10.1. The first-order valence-electron chi connectivity index (χ1n) is 12.8. The van der Waals surface area contributed by atoms with Crippen molar-refractivity contribution in [3.05, 3.63) is 130 Å². The van der Waals surface area contributed by atoms with Crippen LogP contribution in [-0.2, 0) is 11.4 Å². The Labute approximate surface area is 233 Å². The Balaban J connectivity index is 1.43. The summed E-state index contributed by atoms with van der Waals surface area (Å²) in [4.78, 5) is 20.9. The highest BCUT2D eigenvalue weighted by atomic mass is 32.2. The van der Waals surface area contributed by atoms with Gasteiger partial charge in [-0.25, -0.2) is 4.99 Å². The quantitative estimate of drug-likeness (QED) is 0.215. The van der Waals surface area contributed by atoms with E-state index in [9.17, 15) is 4.79 Å². The molecule has 1 atom stereocenters. The molecule has 0 saturated carbocycles. The van der Waals surface area contributed by atoms with Crippen LogP contribution in [0.1, 0.15) is 35.2 Å². The van der Waals surface area contributed by atoms with E-state index in [4.69, 9.17) is 14.5 Å². The third-order valence-electron chi connectivity index (χ3n) is 6.45. The molecule has 0 unspecified atom stereocenters. The number of amides is 1. The van der Waals surface area contributed by atoms with Crippen LogP contribution in [0.4, 0.5) is 5.69 Å². The molecule has 0 N–H and O–H groups in total. The van der Waals surface area contributed by atoms with Crippen molar-refractivity contribution >= 4 is 34.6 Å². The minimum absolute atomic E-state index is 0.0789. The van der Waals surface area contributed by atoms with Crippen LogP contribution in [0.15, 0.2) is 113 Å². The van der Waals surface area contributed by atoms with Gasteiger partial charge in [0.2, 0.25) is 0 Å². The lowest BCUT2D eigenvalue weighted by Crippen LogP contribution is -2.32. The fraction of sp³-hybridized carbons (Fsp3) is 0.152. The number of carbonyl (C=O) groups is 1. The molecule has 0 spiro atoms. The van der Waals surface area contributed by atoms with Gasteiger partial charge in [-0.1, -0.05) is 84.4 Å². The van der Waals surface area contributed by atoms with E-state index in [-0.39, 0.29) is 11.9 Å². The minimum atomic E-state index is -0.175. The normalized spacial score (nSPS) is 16.1. The summed E-state index contributed by atoms with van der Waals surface area (Å²) >= 11 is 1.38. The molecule has 1 fully saturated rings. The number of carbonyl (C=O) groups excluding carboxylic acids is 1. The van der Waals surface area contributed by atoms with E-state index in [1.54, 1.807) is 12.0 Å². The Morgan fingerprint density at radius 3 is 2.36 bits per heavy atom. The number of aryl methyl sites for hydroxylation is 1. The standard InChI is InChI=1S/C33H30N2O3S/c1-23-11-10-12-26(19-23)22-38-29-18-17-25(20-30(29)37-3)21-31-32(36)35(24(2)27-13-6-4-7-14-27)33(39-31)34-28-15-8-5-9-16-28/h4-21,24H,22H2,1-3H3/b31-21+,34-33?/t24-/m0/s1. The van der Waals surface area contributed by atoms with Gasteiger partial charge in [0, 0.05) is 0 Å². The summed E-state index contributed by atoms with van der Waals surface area (Å²) < 4.78 is 11.7. The zero-order valence-corrected chi connectivity index (χ0v) is 23.0. The highest BCUT2D eigenvalue weighted by Crippen LogP contribution is 2.40. The monoisotopic (exact) mass is 534 g/mol. The minimum Gasteiger partial charge on any atom is -0.493 e. The zero-order chi connectivity index (χ0) is 27.2. The highest BCUT2D eigenvalue weighted by Gasteiger charge is 2.37. The number of rotatable bonds is 8. The molecule has 0 aliphatic carbocycles. The Morgan fingerprint density at radius 2 is 1.64 bits per heavy atom. The van der Waals surface area contributed by atoms with E-state index in [1.807, 2.05) is 104 Å². The van der Waals surface area contributed by atoms with Crippen LogP contribution in [0, 0.1) is 6.92 Å². The maximum Gasteiger partial charge on any atom is 0.267 e. The molecule has 0 radical (unpaired) electrons. The summed E-state index contributed by atoms with van der Waals surface area (Å²) in [6, 6.07) is 33.5. The van der Waals surface area contributed by atoms with Gasteiger partial charge >= 0.3 is 0 Å².